The topological polar surface area (TPSA) is 21.1 Å². The van der Waals surface area contributed by atoms with Gasteiger partial charge < -0.3 is 0 Å². The van der Waals surface area contributed by atoms with E-state index >= 15 is 0 Å². The number of aryl methyl sites for hydroxylation is 1. The number of halogens is 1. The Hall–Kier alpha value is -1.04. The summed E-state index contributed by atoms with van der Waals surface area (Å²) in [6.45, 7) is 2.14. The van der Waals surface area contributed by atoms with E-state index in [1.54, 1.807) is 9.13 Å². The zero-order chi connectivity index (χ0) is 12.5. The molecule has 0 N–H and O–H groups in total. The molecule has 18 heavy (non-hydrogen) atoms. The third kappa shape index (κ3) is 2.13. The van der Waals surface area contributed by atoms with E-state index in [1.807, 2.05) is 17.9 Å². The predicted molar refractivity (Wildman–Crippen MR) is 69.0 cm³/mol. The van der Waals surface area contributed by atoms with Crippen molar-refractivity contribution in [2.45, 2.75) is 13.0 Å². The van der Waals surface area contributed by atoms with Crippen molar-refractivity contribution in [2.24, 2.45) is 7.05 Å². The van der Waals surface area contributed by atoms with Gasteiger partial charge in [-0.15, -0.1) is 0 Å². The summed E-state index contributed by atoms with van der Waals surface area (Å²) in [4.78, 5) is 4.77. The van der Waals surface area contributed by atoms with Crippen LogP contribution in [-0.2, 0) is 20.0 Å². The molecule has 0 saturated heterocycles. The second-order valence-corrected chi connectivity index (χ2v) is 6.85. The average molecular weight is 354 g/mol. The van der Waals surface area contributed by atoms with Crippen molar-refractivity contribution in [1.82, 2.24) is 9.78 Å². The third-order valence-corrected chi connectivity index (χ3v) is 5.64. The van der Waals surface area contributed by atoms with Crippen LogP contribution in [0.25, 0.3) is 0 Å². The Bertz CT molecular complexity index is 562. The minimum atomic E-state index is 0.192. The van der Waals surface area contributed by atoms with Crippen LogP contribution in [0.15, 0.2) is 30.6 Å². The summed E-state index contributed by atoms with van der Waals surface area (Å²) in [5.41, 5.74) is 4.36. The van der Waals surface area contributed by atoms with Crippen molar-refractivity contribution in [3.05, 3.63) is 45.3 Å². The first kappa shape index (κ1) is 12.0. The Balaban J connectivity index is 1.89. The van der Waals surface area contributed by atoms with Gasteiger partial charge in [0.25, 0.3) is 0 Å². The van der Waals surface area contributed by atoms with Crippen molar-refractivity contribution in [3.63, 3.8) is 0 Å². The van der Waals surface area contributed by atoms with E-state index in [0.29, 0.717) is 0 Å². The minimum absolute atomic E-state index is 0.192. The number of hydrogen-bond acceptors (Lipinski definition) is 2. The summed E-state index contributed by atoms with van der Waals surface area (Å²) < 4.78 is 3.50. The van der Waals surface area contributed by atoms with Gasteiger partial charge in [0.1, 0.15) is 0 Å². The number of hydrogen-bond donors (Lipinski definition) is 0. The molecule has 0 radical (unpaired) electrons. The van der Waals surface area contributed by atoms with Gasteiger partial charge in [-0.25, -0.2) is 0 Å². The summed E-state index contributed by atoms with van der Waals surface area (Å²) in [5, 5.41) is 4.26. The molecule has 1 aromatic heterocycles. The summed E-state index contributed by atoms with van der Waals surface area (Å²) >= 11 is 0.192. The summed E-state index contributed by atoms with van der Waals surface area (Å²) in [6, 6.07) is 6.80. The molecule has 96 valence electrons. The molecule has 2 heterocycles. The van der Waals surface area contributed by atoms with Crippen molar-refractivity contribution < 1.29 is 21.2 Å². The van der Waals surface area contributed by atoms with Gasteiger partial charge in [-0.3, -0.25) is 0 Å². The average Bonchev–Trinajstić information content (AvgIpc) is 2.84. The van der Waals surface area contributed by atoms with E-state index in [1.165, 1.54) is 17.7 Å². The quantitative estimate of drug-likeness (QED) is 0.503. The Morgan fingerprint density at radius 3 is 2.94 bits per heavy atom. The van der Waals surface area contributed by atoms with Gasteiger partial charge in [-0.1, -0.05) is 0 Å². The van der Waals surface area contributed by atoms with E-state index in [9.17, 15) is 0 Å². The van der Waals surface area contributed by atoms with Gasteiger partial charge in [0.05, 0.1) is 0 Å². The predicted octanol–water partition coefficient (Wildman–Crippen LogP) is -1.13. The molecule has 4 heteroatoms. The molecule has 1 aliphatic rings. The van der Waals surface area contributed by atoms with E-state index < -0.39 is 0 Å². The maximum atomic E-state index is 4.26. The number of rotatable bonds is 2. The van der Waals surface area contributed by atoms with Crippen LogP contribution in [0.3, 0.4) is 0 Å². The molecule has 1 aliphatic heterocycles. The monoisotopic (exact) mass is 354 g/mol. The number of benzene rings is 1. The molecule has 3 rings (SSSR count). The molecule has 3 nitrogen and oxygen atoms in total. The summed E-state index contributed by atoms with van der Waals surface area (Å²) in [6.07, 6.45) is 5.23. The van der Waals surface area contributed by atoms with Gasteiger partial charge in [-0.05, 0) is 0 Å². The second kappa shape index (κ2) is 4.91. The Morgan fingerprint density at radius 1 is 1.33 bits per heavy atom. The first-order valence-corrected chi connectivity index (χ1v) is 9.35. The van der Waals surface area contributed by atoms with Crippen LogP contribution in [0.4, 0.5) is 5.69 Å². The molecule has 1 aromatic carbocycles. The molecule has 0 atom stereocenters. The molecule has 0 aliphatic carbocycles. The maximum absolute atomic E-state index is 4.26. The van der Waals surface area contributed by atoms with Crippen LogP contribution in [0.2, 0.25) is 0 Å². The number of anilines is 1. The number of nitrogens with zero attached hydrogens (tertiary/aromatic N) is 3. The van der Waals surface area contributed by atoms with Crippen LogP contribution in [0.5, 0.6) is 0 Å². The van der Waals surface area contributed by atoms with Crippen molar-refractivity contribution in [2.75, 3.05) is 16.4 Å². The Morgan fingerprint density at radius 2 is 2.22 bits per heavy atom. The Kier molecular flexibility index (Phi) is 3.28. The van der Waals surface area contributed by atoms with Crippen LogP contribution in [0, 0.1) is 3.57 Å². The zero-order valence-corrected chi connectivity index (χ0v) is 12.9. The molecule has 0 saturated carbocycles. The van der Waals surface area contributed by atoms with Crippen molar-refractivity contribution in [1.29, 1.82) is 0 Å². The molecule has 0 spiro atoms. The first-order chi connectivity index (χ1) is 8.78. The third-order valence-electron chi connectivity index (χ3n) is 3.47. The number of alkyl halides is 1. The fourth-order valence-corrected chi connectivity index (χ4v) is 4.37. The zero-order valence-electron chi connectivity index (χ0n) is 10.7. The van der Waals surface area contributed by atoms with Crippen LogP contribution < -0.4 is 26.1 Å². The van der Waals surface area contributed by atoms with Gasteiger partial charge in [0.15, 0.2) is 0 Å². The molecule has 0 fully saturated rings. The summed E-state index contributed by atoms with van der Waals surface area (Å²) in [7, 11) is 1.97. The molecule has 0 bridgehead atoms. The molecule has 0 amide bonds. The normalized spacial score (nSPS) is 14.9. The first-order valence-electron chi connectivity index (χ1n) is 6.12. The molecular formula is C14H17IN3-. The van der Waals surface area contributed by atoms with Crippen LogP contribution >= 0.6 is 0 Å². The Labute approximate surface area is 118 Å². The summed E-state index contributed by atoms with van der Waals surface area (Å²) in [5.74, 6) is 0. The van der Waals surface area contributed by atoms with Crippen molar-refractivity contribution in [3.8, 4) is 0 Å². The van der Waals surface area contributed by atoms with Gasteiger partial charge in [0.2, 0.25) is 0 Å². The molecular weight excluding hydrogens is 337 g/mol. The van der Waals surface area contributed by atoms with Crippen LogP contribution in [-0.4, -0.2) is 21.3 Å². The van der Waals surface area contributed by atoms with E-state index in [4.69, 9.17) is 0 Å². The van der Waals surface area contributed by atoms with Gasteiger partial charge >= 0.3 is 118 Å². The standard InChI is InChI=1S/C14H17IN3/c1-15-14-5-3-4-11-9-18(7-6-13(11)14)12-8-16-17(2)10-12/h3-5,8,10H,6-7,9H2,1-2H3/q-1. The van der Waals surface area contributed by atoms with Crippen LogP contribution in [0.1, 0.15) is 11.1 Å². The fraction of sp³-hybridized carbons (Fsp3) is 0.357. The van der Waals surface area contributed by atoms with E-state index in [0.717, 1.165) is 13.1 Å². The second-order valence-electron chi connectivity index (χ2n) is 4.61. The molecule has 2 aromatic rings. The van der Waals surface area contributed by atoms with Crippen molar-refractivity contribution >= 4 is 5.69 Å². The van der Waals surface area contributed by atoms with Gasteiger partial charge in [0, 0.05) is 0 Å². The number of fused-ring (bicyclic) bond motifs is 1. The fourth-order valence-electron chi connectivity index (χ4n) is 2.53. The van der Waals surface area contributed by atoms with E-state index in [2.05, 4.69) is 39.3 Å². The number of aromatic nitrogens is 2. The SMILES string of the molecule is C[I-]c1cccc2c1CCN(c1cnn(C)c1)C2. The molecule has 0 unspecified atom stereocenters. The van der Waals surface area contributed by atoms with E-state index in [-0.39, 0.29) is 21.2 Å². The van der Waals surface area contributed by atoms with Gasteiger partial charge in [-0.2, -0.15) is 0 Å².